The van der Waals surface area contributed by atoms with Crippen LogP contribution in [0.15, 0.2) is 5.38 Å². The molecule has 1 aromatic rings. The van der Waals surface area contributed by atoms with E-state index >= 15 is 0 Å². The molecule has 0 atom stereocenters. The second-order valence-electron chi connectivity index (χ2n) is 6.13. The van der Waals surface area contributed by atoms with Crippen molar-refractivity contribution in [2.45, 2.75) is 45.1 Å². The molecule has 1 aromatic heterocycles. The number of piperidine rings is 1. The lowest BCUT2D eigenvalue weighted by Crippen LogP contribution is -2.41. The Morgan fingerprint density at radius 3 is 2.55 bits per heavy atom. The summed E-state index contributed by atoms with van der Waals surface area (Å²) in [5.41, 5.74) is -0.494. The number of likely N-dealkylation sites (tertiary alicyclic amines) is 1. The third-order valence-corrected chi connectivity index (χ3v) is 4.17. The summed E-state index contributed by atoms with van der Waals surface area (Å²) in [7, 11) is 0. The van der Waals surface area contributed by atoms with E-state index in [0.717, 1.165) is 17.8 Å². The van der Waals surface area contributed by atoms with E-state index in [9.17, 15) is 9.59 Å². The Morgan fingerprint density at radius 2 is 2.00 bits per heavy atom. The molecule has 0 bridgehead atoms. The maximum atomic E-state index is 12.0. The van der Waals surface area contributed by atoms with Crippen molar-refractivity contribution in [3.63, 3.8) is 0 Å². The average Bonchev–Trinajstić information content (AvgIpc) is 2.84. The van der Waals surface area contributed by atoms with E-state index in [0.29, 0.717) is 13.1 Å². The van der Waals surface area contributed by atoms with Crippen LogP contribution in [0.5, 0.6) is 5.88 Å². The first-order chi connectivity index (χ1) is 10.2. The van der Waals surface area contributed by atoms with Gasteiger partial charge in [-0.3, -0.25) is 0 Å². The Kier molecular flexibility index (Phi) is 4.90. The van der Waals surface area contributed by atoms with Gasteiger partial charge in [0, 0.05) is 19.0 Å². The van der Waals surface area contributed by atoms with Gasteiger partial charge in [-0.2, -0.15) is 0 Å². The molecule has 0 radical (unpaired) electrons. The van der Waals surface area contributed by atoms with Crippen LogP contribution in [0.2, 0.25) is 0 Å². The molecule has 1 amide bonds. The number of hydrogen-bond acceptors (Lipinski definition) is 6. The number of amides is 1. The molecule has 0 aromatic carbocycles. The number of carbonyl (C=O) groups is 2. The minimum absolute atomic E-state index is 0.113. The molecule has 7 nitrogen and oxygen atoms in total. The normalized spacial score (nSPS) is 16.4. The highest BCUT2D eigenvalue weighted by molar-refractivity contribution is 7.09. The van der Waals surface area contributed by atoms with Gasteiger partial charge in [-0.1, -0.05) is 0 Å². The van der Waals surface area contributed by atoms with Crippen LogP contribution in [0.1, 0.15) is 44.5 Å². The van der Waals surface area contributed by atoms with Crippen LogP contribution in [0.4, 0.5) is 9.59 Å². The van der Waals surface area contributed by atoms with Crippen LogP contribution in [-0.2, 0) is 4.74 Å². The fraction of sp³-hybridized carbons (Fsp3) is 0.643. The molecule has 122 valence electrons. The summed E-state index contributed by atoms with van der Waals surface area (Å²) in [5, 5.41) is 11.0. The number of rotatable bonds is 2. The summed E-state index contributed by atoms with van der Waals surface area (Å²) in [6.45, 7) is 6.74. The molecular formula is C14H20N2O5S. The van der Waals surface area contributed by atoms with E-state index in [-0.39, 0.29) is 17.9 Å². The Labute approximate surface area is 132 Å². The predicted octanol–water partition coefficient (Wildman–Crippen LogP) is 3.31. The van der Waals surface area contributed by atoms with E-state index in [1.807, 2.05) is 20.8 Å². The summed E-state index contributed by atoms with van der Waals surface area (Å²) >= 11 is 1.38. The van der Waals surface area contributed by atoms with Crippen LogP contribution in [0.3, 0.4) is 0 Å². The number of carbonyl (C=O) groups excluding carboxylic acids is 1. The number of thiazole rings is 1. The van der Waals surface area contributed by atoms with Crippen molar-refractivity contribution in [2.24, 2.45) is 0 Å². The highest BCUT2D eigenvalue weighted by Crippen LogP contribution is 2.32. The fourth-order valence-corrected chi connectivity index (χ4v) is 3.12. The van der Waals surface area contributed by atoms with Crippen molar-refractivity contribution in [3.8, 4) is 5.88 Å². The lowest BCUT2D eigenvalue weighted by atomic mass is 9.98. The van der Waals surface area contributed by atoms with E-state index in [1.54, 1.807) is 10.3 Å². The predicted molar refractivity (Wildman–Crippen MR) is 80.5 cm³/mol. The zero-order valence-corrected chi connectivity index (χ0v) is 13.7. The number of carboxylic acid groups (broad SMARTS) is 1. The Morgan fingerprint density at radius 1 is 1.36 bits per heavy atom. The van der Waals surface area contributed by atoms with Crippen LogP contribution in [0.25, 0.3) is 0 Å². The summed E-state index contributed by atoms with van der Waals surface area (Å²) in [5.74, 6) is 0.330. The lowest BCUT2D eigenvalue weighted by Gasteiger charge is -2.32. The van der Waals surface area contributed by atoms with E-state index in [2.05, 4.69) is 9.72 Å². The van der Waals surface area contributed by atoms with Crippen LogP contribution < -0.4 is 4.74 Å². The van der Waals surface area contributed by atoms with Crippen LogP contribution >= 0.6 is 11.3 Å². The molecule has 0 saturated carbocycles. The average molecular weight is 328 g/mol. The van der Waals surface area contributed by atoms with Crippen molar-refractivity contribution >= 4 is 23.6 Å². The Bertz CT molecular complexity index is 544. The highest BCUT2D eigenvalue weighted by atomic mass is 32.1. The molecule has 1 aliphatic rings. The second-order valence-corrected chi connectivity index (χ2v) is 7.02. The number of ether oxygens (including phenoxy) is 2. The SMILES string of the molecule is CC(C)(C)OC(=O)N1CCC(c2nc(OC(=O)O)cs2)CC1. The molecule has 8 heteroatoms. The quantitative estimate of drug-likeness (QED) is 0.838. The van der Waals surface area contributed by atoms with Crippen molar-refractivity contribution < 1.29 is 24.2 Å². The summed E-state index contributed by atoms with van der Waals surface area (Å²) < 4.78 is 9.89. The molecule has 2 heterocycles. The fourth-order valence-electron chi connectivity index (χ4n) is 2.23. The summed E-state index contributed by atoms with van der Waals surface area (Å²) in [4.78, 5) is 28.3. The smallest absolute Gasteiger partial charge is 0.449 e. The van der Waals surface area contributed by atoms with Gasteiger partial charge in [-0.15, -0.1) is 11.3 Å². The van der Waals surface area contributed by atoms with Gasteiger partial charge in [0.05, 0.1) is 10.4 Å². The van der Waals surface area contributed by atoms with Crippen molar-refractivity contribution in [1.29, 1.82) is 0 Å². The highest BCUT2D eigenvalue weighted by Gasteiger charge is 2.28. The summed E-state index contributed by atoms with van der Waals surface area (Å²) in [6, 6.07) is 0. The Hall–Kier alpha value is -1.83. The second kappa shape index (κ2) is 6.51. The van der Waals surface area contributed by atoms with Gasteiger partial charge in [0.2, 0.25) is 5.88 Å². The van der Waals surface area contributed by atoms with Gasteiger partial charge < -0.3 is 19.5 Å². The lowest BCUT2D eigenvalue weighted by molar-refractivity contribution is 0.0204. The zero-order chi connectivity index (χ0) is 16.3. The van der Waals surface area contributed by atoms with Crippen molar-refractivity contribution in [1.82, 2.24) is 9.88 Å². The third-order valence-electron chi connectivity index (χ3n) is 3.19. The topological polar surface area (TPSA) is 89.0 Å². The van der Waals surface area contributed by atoms with Gasteiger partial charge in [0.15, 0.2) is 0 Å². The molecule has 1 aliphatic heterocycles. The first kappa shape index (κ1) is 16.5. The minimum Gasteiger partial charge on any atom is -0.449 e. The zero-order valence-electron chi connectivity index (χ0n) is 12.9. The number of hydrogen-bond donors (Lipinski definition) is 1. The van der Waals surface area contributed by atoms with E-state index in [4.69, 9.17) is 9.84 Å². The van der Waals surface area contributed by atoms with Gasteiger partial charge in [0.25, 0.3) is 0 Å². The van der Waals surface area contributed by atoms with Gasteiger partial charge in [0.1, 0.15) is 5.60 Å². The summed E-state index contributed by atoms with van der Waals surface area (Å²) in [6.07, 6.45) is -0.102. The molecule has 1 N–H and O–H groups in total. The van der Waals surface area contributed by atoms with Crippen LogP contribution in [-0.4, -0.2) is 45.9 Å². The van der Waals surface area contributed by atoms with Gasteiger partial charge in [-0.05, 0) is 33.6 Å². The maximum Gasteiger partial charge on any atom is 0.512 e. The first-order valence-corrected chi connectivity index (χ1v) is 7.96. The van der Waals surface area contributed by atoms with Crippen LogP contribution in [0, 0.1) is 0 Å². The molecular weight excluding hydrogens is 308 g/mol. The van der Waals surface area contributed by atoms with Crippen molar-refractivity contribution in [3.05, 3.63) is 10.4 Å². The molecule has 22 heavy (non-hydrogen) atoms. The molecule has 0 spiro atoms. The molecule has 2 rings (SSSR count). The van der Waals surface area contributed by atoms with E-state index in [1.165, 1.54) is 11.3 Å². The van der Waals surface area contributed by atoms with Crippen molar-refractivity contribution in [2.75, 3.05) is 13.1 Å². The molecule has 0 aliphatic carbocycles. The molecule has 0 unspecified atom stereocenters. The standard InChI is InChI=1S/C14H20N2O5S/c1-14(2,3)21-12(17)16-6-4-9(5-7-16)11-15-10(8-22-11)20-13(18)19/h8-9H,4-7H2,1-3H3,(H,18,19). The Balaban J connectivity index is 1.88. The monoisotopic (exact) mass is 328 g/mol. The first-order valence-electron chi connectivity index (χ1n) is 7.09. The molecule has 1 saturated heterocycles. The minimum atomic E-state index is -1.36. The largest absolute Gasteiger partial charge is 0.512 e. The third kappa shape index (κ3) is 4.59. The number of nitrogens with zero attached hydrogens (tertiary/aromatic N) is 2. The van der Waals surface area contributed by atoms with E-state index < -0.39 is 11.8 Å². The maximum absolute atomic E-state index is 12.0. The number of aromatic nitrogens is 1. The van der Waals surface area contributed by atoms with Gasteiger partial charge >= 0.3 is 12.2 Å². The molecule has 1 fully saturated rings. The van der Waals surface area contributed by atoms with Gasteiger partial charge in [-0.25, -0.2) is 14.6 Å².